The lowest BCUT2D eigenvalue weighted by atomic mass is 10.0. The monoisotopic (exact) mass is 345 g/mol. The summed E-state index contributed by atoms with van der Waals surface area (Å²) >= 11 is 0. The number of benzene rings is 2. The van der Waals surface area contributed by atoms with E-state index in [2.05, 4.69) is 5.10 Å². The molecule has 124 valence electrons. The minimum Gasteiger partial charge on any atom is -0.272 e. The van der Waals surface area contributed by atoms with E-state index in [1.807, 2.05) is 13.1 Å². The highest BCUT2D eigenvalue weighted by atomic mass is 32.2. The summed E-state index contributed by atoms with van der Waals surface area (Å²) in [5.41, 5.74) is 2.38. The number of hydrogen-bond acceptors (Lipinski definition) is 3. The van der Waals surface area contributed by atoms with Gasteiger partial charge in [0.25, 0.3) is 0 Å². The molecule has 0 saturated heterocycles. The van der Waals surface area contributed by atoms with Crippen molar-refractivity contribution in [1.29, 1.82) is 0 Å². The first kappa shape index (κ1) is 16.4. The van der Waals surface area contributed by atoms with E-state index >= 15 is 0 Å². The van der Waals surface area contributed by atoms with E-state index in [0.29, 0.717) is 23.4 Å². The van der Waals surface area contributed by atoms with E-state index < -0.39 is 10.0 Å². The van der Waals surface area contributed by atoms with Crippen molar-refractivity contribution < 1.29 is 12.8 Å². The van der Waals surface area contributed by atoms with Crippen molar-refractivity contribution >= 4 is 10.0 Å². The fourth-order valence-corrected chi connectivity index (χ4v) is 3.27. The summed E-state index contributed by atoms with van der Waals surface area (Å²) in [5, 5.41) is 9.81. The molecule has 0 saturated carbocycles. The van der Waals surface area contributed by atoms with E-state index in [4.69, 9.17) is 5.14 Å². The van der Waals surface area contributed by atoms with Crippen molar-refractivity contribution in [1.82, 2.24) is 9.78 Å². The molecular formula is C17H16FN3O2S. The van der Waals surface area contributed by atoms with Crippen LogP contribution in [-0.4, -0.2) is 18.2 Å². The molecule has 3 rings (SSSR count). The molecule has 0 atom stereocenters. The lowest BCUT2D eigenvalue weighted by Gasteiger charge is -2.07. The predicted molar refractivity (Wildman–Crippen MR) is 90.1 cm³/mol. The van der Waals surface area contributed by atoms with Crippen molar-refractivity contribution in [2.45, 2.75) is 18.4 Å². The first-order chi connectivity index (χ1) is 11.4. The van der Waals surface area contributed by atoms with Crippen LogP contribution in [0.4, 0.5) is 4.39 Å². The number of aromatic nitrogens is 2. The second-order valence-corrected chi connectivity index (χ2v) is 6.82. The van der Waals surface area contributed by atoms with Crippen molar-refractivity contribution in [3.05, 3.63) is 60.5 Å². The van der Waals surface area contributed by atoms with E-state index in [-0.39, 0.29) is 10.7 Å². The number of sulfonamides is 1. The molecule has 1 aromatic heterocycles. The summed E-state index contributed by atoms with van der Waals surface area (Å²) in [7, 11) is -3.89. The molecule has 0 bridgehead atoms. The van der Waals surface area contributed by atoms with Crippen LogP contribution in [0.15, 0.2) is 59.6 Å². The molecular weight excluding hydrogens is 329 g/mol. The minimum atomic E-state index is -3.89. The van der Waals surface area contributed by atoms with Crippen molar-refractivity contribution in [2.75, 3.05) is 0 Å². The number of nitrogens with zero attached hydrogens (tertiary/aromatic N) is 2. The Morgan fingerprint density at radius 3 is 2.38 bits per heavy atom. The third-order valence-corrected chi connectivity index (χ3v) is 4.66. The normalized spacial score (nSPS) is 11.6. The molecule has 2 aromatic carbocycles. The van der Waals surface area contributed by atoms with Crippen LogP contribution >= 0.6 is 0 Å². The zero-order valence-electron chi connectivity index (χ0n) is 13.0. The number of rotatable bonds is 4. The molecule has 0 fully saturated rings. The van der Waals surface area contributed by atoms with Gasteiger partial charge in [-0.2, -0.15) is 5.10 Å². The molecule has 3 aromatic rings. The summed E-state index contributed by atoms with van der Waals surface area (Å²) in [4.78, 5) is 0.00900. The molecule has 0 radical (unpaired) electrons. The van der Waals surface area contributed by atoms with Gasteiger partial charge in [0, 0.05) is 23.9 Å². The van der Waals surface area contributed by atoms with Gasteiger partial charge in [0.15, 0.2) is 0 Å². The van der Waals surface area contributed by atoms with Gasteiger partial charge in [-0.15, -0.1) is 0 Å². The fourth-order valence-electron chi connectivity index (χ4n) is 2.53. The maximum atomic E-state index is 13.2. The molecule has 0 spiro atoms. The summed E-state index contributed by atoms with van der Waals surface area (Å²) in [6, 6.07) is 12.4. The van der Waals surface area contributed by atoms with Crippen molar-refractivity contribution in [3.8, 4) is 22.4 Å². The van der Waals surface area contributed by atoms with Crippen molar-refractivity contribution in [3.63, 3.8) is 0 Å². The van der Waals surface area contributed by atoms with Gasteiger partial charge in [-0.05, 0) is 30.7 Å². The van der Waals surface area contributed by atoms with Crippen LogP contribution < -0.4 is 5.14 Å². The highest BCUT2D eigenvalue weighted by Gasteiger charge is 2.20. The number of primary sulfonamides is 1. The van der Waals surface area contributed by atoms with Crippen molar-refractivity contribution in [2.24, 2.45) is 5.14 Å². The van der Waals surface area contributed by atoms with Gasteiger partial charge in [0.2, 0.25) is 10.0 Å². The zero-order valence-corrected chi connectivity index (χ0v) is 13.8. The van der Waals surface area contributed by atoms with Gasteiger partial charge in [0.1, 0.15) is 11.5 Å². The molecule has 7 heteroatoms. The molecule has 0 amide bonds. The highest BCUT2D eigenvalue weighted by molar-refractivity contribution is 7.89. The van der Waals surface area contributed by atoms with Gasteiger partial charge in [-0.3, -0.25) is 4.68 Å². The summed E-state index contributed by atoms with van der Waals surface area (Å²) in [5.74, 6) is -0.340. The Kier molecular flexibility index (Phi) is 4.21. The summed E-state index contributed by atoms with van der Waals surface area (Å²) in [6.07, 6.45) is 1.81. The number of halogens is 1. The zero-order chi connectivity index (χ0) is 17.3. The molecule has 24 heavy (non-hydrogen) atoms. The second-order valence-electron chi connectivity index (χ2n) is 5.30. The van der Waals surface area contributed by atoms with Gasteiger partial charge in [-0.1, -0.05) is 30.3 Å². The van der Waals surface area contributed by atoms with Gasteiger partial charge >= 0.3 is 0 Å². The smallest absolute Gasteiger partial charge is 0.238 e. The van der Waals surface area contributed by atoms with Crippen LogP contribution in [0, 0.1) is 5.82 Å². The maximum absolute atomic E-state index is 13.2. The Hall–Kier alpha value is -2.51. The molecule has 1 heterocycles. The van der Waals surface area contributed by atoms with Crippen LogP contribution in [0.3, 0.4) is 0 Å². The quantitative estimate of drug-likeness (QED) is 0.789. The topological polar surface area (TPSA) is 78.0 Å². The highest BCUT2D eigenvalue weighted by Crippen LogP contribution is 2.34. The lowest BCUT2D eigenvalue weighted by molar-refractivity contribution is 0.598. The first-order valence-electron chi connectivity index (χ1n) is 7.35. The Morgan fingerprint density at radius 1 is 1.08 bits per heavy atom. The van der Waals surface area contributed by atoms with Gasteiger partial charge < -0.3 is 0 Å². The van der Waals surface area contributed by atoms with Gasteiger partial charge in [0.05, 0.1) is 4.90 Å². The Balaban J connectivity index is 2.26. The van der Waals surface area contributed by atoms with Crippen LogP contribution in [0.25, 0.3) is 22.4 Å². The molecule has 5 nitrogen and oxygen atoms in total. The van der Waals surface area contributed by atoms with Crippen LogP contribution in [0.1, 0.15) is 6.92 Å². The van der Waals surface area contributed by atoms with E-state index in [1.165, 1.54) is 18.2 Å². The number of nitrogens with two attached hydrogens (primary N) is 1. The third kappa shape index (κ3) is 3.08. The van der Waals surface area contributed by atoms with Crippen LogP contribution in [0.2, 0.25) is 0 Å². The molecule has 2 N–H and O–H groups in total. The fraction of sp³-hybridized carbons (Fsp3) is 0.118. The maximum Gasteiger partial charge on any atom is 0.238 e. The first-order valence-corrected chi connectivity index (χ1v) is 8.90. The van der Waals surface area contributed by atoms with Crippen LogP contribution in [0.5, 0.6) is 0 Å². The number of aryl methyl sites for hydroxylation is 1. The Morgan fingerprint density at radius 2 is 1.75 bits per heavy atom. The SMILES string of the molecule is CCn1cc(-c2ccc(F)cc2)c(-c2ccccc2S(N)(=O)=O)n1. The second kappa shape index (κ2) is 6.18. The molecule has 0 aliphatic carbocycles. The molecule has 0 unspecified atom stereocenters. The molecule has 0 aliphatic heterocycles. The van der Waals surface area contributed by atoms with E-state index in [1.54, 1.807) is 35.0 Å². The lowest BCUT2D eigenvalue weighted by Crippen LogP contribution is -2.13. The average Bonchev–Trinajstić information content (AvgIpc) is 2.99. The average molecular weight is 345 g/mol. The van der Waals surface area contributed by atoms with Gasteiger partial charge in [-0.25, -0.2) is 17.9 Å². The summed E-state index contributed by atoms with van der Waals surface area (Å²) in [6.45, 7) is 2.54. The Labute approximate surface area is 139 Å². The largest absolute Gasteiger partial charge is 0.272 e. The minimum absolute atomic E-state index is 0.00900. The number of hydrogen-bond donors (Lipinski definition) is 1. The van der Waals surface area contributed by atoms with E-state index in [9.17, 15) is 12.8 Å². The summed E-state index contributed by atoms with van der Waals surface area (Å²) < 4.78 is 38.7. The third-order valence-electron chi connectivity index (χ3n) is 3.69. The standard InChI is InChI=1S/C17H16FN3O2S/c1-2-21-11-15(12-7-9-13(18)10-8-12)17(20-21)14-5-3-4-6-16(14)24(19,22)23/h3-11H,2H2,1H3,(H2,19,22,23). The Bertz CT molecular complexity index is 979. The van der Waals surface area contributed by atoms with E-state index in [0.717, 1.165) is 5.56 Å². The molecule has 0 aliphatic rings. The predicted octanol–water partition coefficient (Wildman–Crippen LogP) is 3.02. The van der Waals surface area contributed by atoms with Crippen LogP contribution in [-0.2, 0) is 16.6 Å².